The van der Waals surface area contributed by atoms with Crippen LogP contribution in [0.3, 0.4) is 0 Å². The van der Waals surface area contributed by atoms with Crippen LogP contribution < -0.4 is 0 Å². The summed E-state index contributed by atoms with van der Waals surface area (Å²) in [5.41, 5.74) is 3.80. The Balaban J connectivity index is 0.000000298. The van der Waals surface area contributed by atoms with Gasteiger partial charge in [0.05, 0.1) is 7.11 Å². The molecule has 1 aromatic heterocycles. The summed E-state index contributed by atoms with van der Waals surface area (Å²) in [7, 11) is 1.31. The fourth-order valence-corrected chi connectivity index (χ4v) is 4.01. The molecule has 0 radical (unpaired) electrons. The first-order valence-corrected chi connectivity index (χ1v) is 8.03. The average molecular weight is 308 g/mol. The SMILES string of the molecule is CC1(c2cc(Cl)nc(C3CC3)c2)CC2(CC2)C1.COC=O. The van der Waals surface area contributed by atoms with Crippen LogP contribution in [0.25, 0.3) is 0 Å². The molecule has 0 bridgehead atoms. The van der Waals surface area contributed by atoms with Crippen LogP contribution in [0.15, 0.2) is 12.1 Å². The fourth-order valence-electron chi connectivity index (χ4n) is 3.79. The predicted molar refractivity (Wildman–Crippen MR) is 82.5 cm³/mol. The zero-order valence-corrected chi connectivity index (χ0v) is 13.4. The number of aromatic nitrogens is 1. The van der Waals surface area contributed by atoms with E-state index in [-0.39, 0.29) is 0 Å². The predicted octanol–water partition coefficient (Wildman–Crippen LogP) is 4.23. The number of methoxy groups -OCH3 is 1. The van der Waals surface area contributed by atoms with Crippen LogP contribution in [-0.4, -0.2) is 18.6 Å². The van der Waals surface area contributed by atoms with Crippen LogP contribution in [0.4, 0.5) is 0 Å². The lowest BCUT2D eigenvalue weighted by Gasteiger charge is -2.47. The molecule has 3 aliphatic rings. The number of nitrogens with zero attached hydrogens (tertiary/aromatic N) is 1. The Kier molecular flexibility index (Phi) is 3.73. The molecule has 0 aliphatic heterocycles. The zero-order valence-electron chi connectivity index (χ0n) is 12.7. The molecule has 1 aromatic rings. The Morgan fingerprint density at radius 3 is 2.43 bits per heavy atom. The van der Waals surface area contributed by atoms with E-state index in [1.807, 2.05) is 0 Å². The molecule has 3 nitrogen and oxygen atoms in total. The van der Waals surface area contributed by atoms with Crippen molar-refractivity contribution < 1.29 is 9.53 Å². The first-order valence-electron chi connectivity index (χ1n) is 7.65. The fraction of sp³-hybridized carbons (Fsp3) is 0.647. The lowest BCUT2D eigenvalue weighted by atomic mass is 9.57. The van der Waals surface area contributed by atoms with Gasteiger partial charge in [-0.25, -0.2) is 4.98 Å². The van der Waals surface area contributed by atoms with E-state index in [1.54, 1.807) is 0 Å². The normalized spacial score (nSPS) is 23.6. The second-order valence-corrected chi connectivity index (χ2v) is 7.51. The third-order valence-corrected chi connectivity index (χ3v) is 5.28. The second kappa shape index (κ2) is 5.28. The van der Waals surface area contributed by atoms with Crippen molar-refractivity contribution in [3.8, 4) is 0 Å². The van der Waals surface area contributed by atoms with Crippen LogP contribution in [-0.2, 0) is 14.9 Å². The van der Waals surface area contributed by atoms with Crippen LogP contribution in [0.2, 0.25) is 5.15 Å². The van der Waals surface area contributed by atoms with Crippen molar-refractivity contribution in [2.45, 2.75) is 56.8 Å². The smallest absolute Gasteiger partial charge is 0.292 e. The molecule has 21 heavy (non-hydrogen) atoms. The van der Waals surface area contributed by atoms with E-state index in [0.717, 1.165) is 5.41 Å². The molecule has 3 fully saturated rings. The molecule has 1 spiro atoms. The maximum absolute atomic E-state index is 8.95. The van der Waals surface area contributed by atoms with E-state index in [0.29, 0.717) is 23.0 Å². The van der Waals surface area contributed by atoms with Gasteiger partial charge in [0.25, 0.3) is 6.47 Å². The van der Waals surface area contributed by atoms with Gasteiger partial charge in [0.1, 0.15) is 5.15 Å². The van der Waals surface area contributed by atoms with Crippen molar-refractivity contribution in [1.29, 1.82) is 0 Å². The lowest BCUT2D eigenvalue weighted by Crippen LogP contribution is -2.39. The number of hydrogen-bond acceptors (Lipinski definition) is 3. The molecule has 0 unspecified atom stereocenters. The number of pyridine rings is 1. The van der Waals surface area contributed by atoms with Gasteiger partial charge in [-0.05, 0) is 67.1 Å². The van der Waals surface area contributed by atoms with Gasteiger partial charge in [-0.15, -0.1) is 0 Å². The largest absolute Gasteiger partial charge is 0.471 e. The van der Waals surface area contributed by atoms with Crippen molar-refractivity contribution in [2.24, 2.45) is 5.41 Å². The molecule has 1 heterocycles. The summed E-state index contributed by atoms with van der Waals surface area (Å²) in [4.78, 5) is 13.4. The Hall–Kier alpha value is -1.09. The number of carbonyl (C=O) groups excluding carboxylic acids is 1. The van der Waals surface area contributed by atoms with E-state index >= 15 is 0 Å². The summed E-state index contributed by atoms with van der Waals surface area (Å²) in [5, 5.41) is 0.697. The van der Waals surface area contributed by atoms with E-state index in [9.17, 15) is 0 Å². The molecular weight excluding hydrogens is 286 g/mol. The van der Waals surface area contributed by atoms with Gasteiger partial charge < -0.3 is 4.74 Å². The van der Waals surface area contributed by atoms with Gasteiger partial charge in [0, 0.05) is 11.6 Å². The lowest BCUT2D eigenvalue weighted by molar-refractivity contribution is -0.126. The third-order valence-electron chi connectivity index (χ3n) is 5.09. The molecule has 4 heteroatoms. The zero-order chi connectivity index (χ0) is 15.1. The van der Waals surface area contributed by atoms with E-state index in [1.165, 1.54) is 56.9 Å². The summed E-state index contributed by atoms with van der Waals surface area (Å²) in [6.45, 7) is 2.78. The Morgan fingerprint density at radius 1 is 1.33 bits per heavy atom. The summed E-state index contributed by atoms with van der Waals surface area (Å²) in [6.07, 6.45) is 8.24. The van der Waals surface area contributed by atoms with Crippen LogP contribution in [0, 0.1) is 5.41 Å². The highest BCUT2D eigenvalue weighted by atomic mass is 35.5. The van der Waals surface area contributed by atoms with E-state index in [4.69, 9.17) is 16.4 Å². The number of halogens is 1. The molecule has 0 N–H and O–H groups in total. The Morgan fingerprint density at radius 2 is 1.95 bits per heavy atom. The van der Waals surface area contributed by atoms with Gasteiger partial charge >= 0.3 is 0 Å². The third kappa shape index (κ3) is 3.08. The summed E-state index contributed by atoms with van der Waals surface area (Å²) in [5.74, 6) is 0.700. The minimum absolute atomic E-state index is 0.375. The summed E-state index contributed by atoms with van der Waals surface area (Å²) >= 11 is 6.18. The second-order valence-electron chi connectivity index (χ2n) is 7.12. The van der Waals surface area contributed by atoms with Crippen molar-refractivity contribution in [1.82, 2.24) is 4.98 Å². The monoisotopic (exact) mass is 307 g/mol. The highest BCUT2D eigenvalue weighted by molar-refractivity contribution is 6.29. The quantitative estimate of drug-likeness (QED) is 0.619. The molecule has 114 valence electrons. The molecular formula is C17H22ClNO2. The maximum atomic E-state index is 8.95. The van der Waals surface area contributed by atoms with Gasteiger partial charge in [-0.1, -0.05) is 18.5 Å². The average Bonchev–Trinajstić information content (AvgIpc) is 3.30. The Bertz CT molecular complexity index is 542. The summed E-state index contributed by atoms with van der Waals surface area (Å²) in [6, 6.07) is 4.43. The van der Waals surface area contributed by atoms with Crippen LogP contribution >= 0.6 is 11.6 Å². The van der Waals surface area contributed by atoms with Crippen LogP contribution in [0.5, 0.6) is 0 Å². The van der Waals surface area contributed by atoms with E-state index in [2.05, 4.69) is 28.8 Å². The van der Waals surface area contributed by atoms with Gasteiger partial charge in [-0.3, -0.25) is 4.79 Å². The maximum Gasteiger partial charge on any atom is 0.292 e. The number of hydrogen-bond donors (Lipinski definition) is 0. The minimum Gasteiger partial charge on any atom is -0.471 e. The highest BCUT2D eigenvalue weighted by Crippen LogP contribution is 2.68. The Labute approximate surface area is 131 Å². The van der Waals surface area contributed by atoms with Gasteiger partial charge in [-0.2, -0.15) is 0 Å². The molecule has 4 rings (SSSR count). The van der Waals surface area contributed by atoms with Gasteiger partial charge in [0.15, 0.2) is 0 Å². The van der Waals surface area contributed by atoms with Crippen molar-refractivity contribution in [3.05, 3.63) is 28.5 Å². The van der Waals surface area contributed by atoms with Crippen molar-refractivity contribution in [2.75, 3.05) is 7.11 Å². The number of ether oxygens (including phenoxy) is 1. The molecule has 0 atom stereocenters. The highest BCUT2D eigenvalue weighted by Gasteiger charge is 2.59. The van der Waals surface area contributed by atoms with Gasteiger partial charge in [0.2, 0.25) is 0 Å². The molecule has 0 saturated heterocycles. The molecule has 3 saturated carbocycles. The van der Waals surface area contributed by atoms with E-state index < -0.39 is 0 Å². The minimum atomic E-state index is 0.375. The topological polar surface area (TPSA) is 39.2 Å². The molecule has 3 aliphatic carbocycles. The summed E-state index contributed by atoms with van der Waals surface area (Å²) < 4.78 is 3.86. The molecule has 0 aromatic carbocycles. The number of carbonyl (C=O) groups is 1. The molecule has 0 amide bonds. The van der Waals surface area contributed by atoms with Crippen LogP contribution in [0.1, 0.15) is 62.6 Å². The standard InChI is InChI=1S/C15H18ClN.C2H4O2/c1-14(8-15(9-14)4-5-15)11-6-12(10-2-3-10)17-13(16)7-11;1-4-2-3/h6-7,10H,2-5,8-9H2,1H3;2H,1H3. The van der Waals surface area contributed by atoms with Crippen molar-refractivity contribution >= 4 is 18.1 Å². The van der Waals surface area contributed by atoms with Crippen molar-refractivity contribution in [3.63, 3.8) is 0 Å². The first-order chi connectivity index (χ1) is 10.0. The first kappa shape index (κ1) is 14.8. The number of rotatable bonds is 3.